The molecule has 0 amide bonds. The van der Waals surface area contributed by atoms with E-state index in [9.17, 15) is 0 Å². The van der Waals surface area contributed by atoms with Crippen LogP contribution in [0.3, 0.4) is 0 Å². The van der Waals surface area contributed by atoms with Crippen molar-refractivity contribution in [2.45, 2.75) is 0 Å². The van der Waals surface area contributed by atoms with E-state index < -0.39 is 0 Å². The van der Waals surface area contributed by atoms with Gasteiger partial charge in [-0.1, -0.05) is 0 Å². The van der Waals surface area contributed by atoms with Crippen LogP contribution in [0.4, 0.5) is 0 Å². The second-order valence-corrected chi connectivity index (χ2v) is 2.89. The fourth-order valence-electron chi connectivity index (χ4n) is 0.962. The second kappa shape index (κ2) is 14.6. The van der Waals surface area contributed by atoms with Crippen LogP contribution in [0, 0.1) is 143 Å². The molecule has 0 bridgehead atoms. The molecular weight excluding hydrogens is 353 g/mol. The van der Waals surface area contributed by atoms with Crippen LogP contribution in [0.25, 0.3) is 0 Å². The monoisotopic (exact) mass is 369 g/mol. The van der Waals surface area contributed by atoms with E-state index in [0.29, 0.717) is 0 Å². The summed E-state index contributed by atoms with van der Waals surface area (Å²) in [6, 6.07) is 0. The summed E-state index contributed by atoms with van der Waals surface area (Å²) < 4.78 is 0. The fourth-order valence-corrected chi connectivity index (χ4v) is 0.962. The van der Waals surface area contributed by atoms with E-state index in [1.54, 1.807) is 0 Å². The van der Waals surface area contributed by atoms with Crippen LogP contribution in [0.1, 0.15) is 0 Å². The Labute approximate surface area is 142 Å². The molecule has 0 spiro atoms. The molecule has 16 heavy (non-hydrogen) atoms. The maximum Gasteiger partial charge on any atom is 3.00 e. The third-order valence-corrected chi connectivity index (χ3v) is 1.67. The molecule has 3 fully saturated rings. The van der Waals surface area contributed by atoms with Crippen molar-refractivity contribution in [3.05, 3.63) is 96.3 Å². The van der Waals surface area contributed by atoms with E-state index >= 15 is 0 Å². The summed E-state index contributed by atoms with van der Waals surface area (Å²) in [6.07, 6.45) is 30.0. The second-order valence-electron chi connectivity index (χ2n) is 2.89. The molecule has 3 aliphatic rings. The van der Waals surface area contributed by atoms with Crippen molar-refractivity contribution in [3.63, 3.8) is 0 Å². The average Bonchev–Trinajstić information content (AvgIpc) is 3.09. The molecule has 0 nitrogen and oxygen atoms in total. The van der Waals surface area contributed by atoms with Gasteiger partial charge in [-0.15, -0.1) is 0 Å². The fraction of sp³-hybridized carbons (Fsp3) is 0. The largest absolute Gasteiger partial charge is 3.00 e. The van der Waals surface area contributed by atoms with Gasteiger partial charge in [-0.2, -0.15) is 0 Å². The first kappa shape index (κ1) is 17.5. The molecule has 3 saturated carbocycles. The van der Waals surface area contributed by atoms with Gasteiger partial charge in [-0.05, 0) is 96.3 Å². The van der Waals surface area contributed by atoms with Gasteiger partial charge >= 0.3 is 46.9 Å². The van der Waals surface area contributed by atoms with Crippen LogP contribution in [-0.2, 0) is 0 Å². The molecule has 1 heteroatoms. The maximum atomic E-state index is 2.00. The molecule has 0 unspecified atom stereocenters. The molecule has 86 valence electrons. The molecule has 0 aromatic heterocycles. The number of hydrogen-bond acceptors (Lipinski definition) is 0. The van der Waals surface area contributed by atoms with E-state index in [1.165, 1.54) is 0 Å². The van der Waals surface area contributed by atoms with Crippen molar-refractivity contribution in [2.75, 3.05) is 0 Å². The Morgan fingerprint density at radius 2 is 0.250 bits per heavy atom. The zero-order valence-corrected chi connectivity index (χ0v) is 10.6. The van der Waals surface area contributed by atoms with E-state index in [4.69, 9.17) is 0 Å². The van der Waals surface area contributed by atoms with Crippen molar-refractivity contribution in [1.82, 2.24) is 0 Å². The maximum absolute atomic E-state index is 2.00. The van der Waals surface area contributed by atoms with Gasteiger partial charge in [-0.3, -0.25) is 0 Å². The Balaban J connectivity index is 0.000000205. The van der Waals surface area contributed by atoms with Crippen LogP contribution < -0.4 is 0 Å². The minimum atomic E-state index is 0. The first-order chi connectivity index (χ1) is 7.50. The minimum Gasteiger partial charge on any atom is -0.0312 e. The Kier molecular flexibility index (Phi) is 16.0. The summed E-state index contributed by atoms with van der Waals surface area (Å²) in [4.78, 5) is 0. The van der Waals surface area contributed by atoms with E-state index in [-0.39, 0.29) is 46.9 Å². The molecule has 0 heterocycles. The van der Waals surface area contributed by atoms with Crippen molar-refractivity contribution >= 4 is 0 Å². The molecule has 3 aliphatic carbocycles. The zero-order chi connectivity index (χ0) is 10.6. The van der Waals surface area contributed by atoms with Crippen LogP contribution in [0.5, 0.6) is 0 Å². The van der Waals surface area contributed by atoms with E-state index in [2.05, 4.69) is 0 Å². The van der Waals surface area contributed by atoms with Crippen LogP contribution >= 0.6 is 0 Å². The molecule has 0 N–H and O–H groups in total. The molecule has 0 saturated heterocycles. The summed E-state index contributed by atoms with van der Waals surface area (Å²) in [5.74, 6) is 0. The molecule has 0 atom stereocenters. The van der Waals surface area contributed by atoms with E-state index in [1.807, 2.05) is 96.3 Å². The number of hydrogen-bond donors (Lipinski definition) is 0. The molecule has 0 aliphatic heterocycles. The summed E-state index contributed by atoms with van der Waals surface area (Å²) in [6.45, 7) is 0. The standard InChI is InChI=1S/3C5H5.Yb/c3*1-2-4-5-3-1;/h3*1-5H;/q;;;+3. The minimum absolute atomic E-state index is 0. The van der Waals surface area contributed by atoms with Crippen LogP contribution in [0.2, 0.25) is 0 Å². The normalized spacial score (nSPS) is 22.5. The Morgan fingerprint density at radius 1 is 0.188 bits per heavy atom. The van der Waals surface area contributed by atoms with Crippen molar-refractivity contribution in [1.29, 1.82) is 0 Å². The SMILES string of the molecule is [CH]1[CH][CH][CH][CH]1.[CH]1[CH][CH][CH][CH]1.[CH]1[CH][CH][CH][CH]1.[Yb+3]. The summed E-state index contributed by atoms with van der Waals surface area (Å²) in [5, 5.41) is 0. The van der Waals surface area contributed by atoms with Gasteiger partial charge in [0.2, 0.25) is 0 Å². The van der Waals surface area contributed by atoms with Gasteiger partial charge in [0.05, 0.1) is 0 Å². The van der Waals surface area contributed by atoms with Crippen molar-refractivity contribution < 1.29 is 46.9 Å². The van der Waals surface area contributed by atoms with Gasteiger partial charge < -0.3 is 0 Å². The predicted molar refractivity (Wildman–Crippen MR) is 64.5 cm³/mol. The molecule has 3 rings (SSSR count). The third-order valence-electron chi connectivity index (χ3n) is 1.67. The number of rotatable bonds is 0. The van der Waals surface area contributed by atoms with Crippen molar-refractivity contribution in [3.8, 4) is 0 Å². The van der Waals surface area contributed by atoms with Gasteiger partial charge in [0.1, 0.15) is 0 Å². The van der Waals surface area contributed by atoms with Gasteiger partial charge in [0, 0.05) is 0 Å². The molecule has 16 radical (unpaired) electrons. The summed E-state index contributed by atoms with van der Waals surface area (Å²) in [7, 11) is 0. The Morgan fingerprint density at radius 3 is 0.312 bits per heavy atom. The molecule has 0 aromatic rings. The predicted octanol–water partition coefficient (Wildman–Crippen LogP) is 3.06. The van der Waals surface area contributed by atoms with Gasteiger partial charge in [0.15, 0.2) is 0 Å². The first-order valence-electron chi connectivity index (χ1n) is 5.00. The zero-order valence-electron chi connectivity index (χ0n) is 8.93. The third kappa shape index (κ3) is 12.0. The topological polar surface area (TPSA) is 0 Å². The van der Waals surface area contributed by atoms with Crippen molar-refractivity contribution in [2.24, 2.45) is 0 Å². The quantitative estimate of drug-likeness (QED) is 0.617. The van der Waals surface area contributed by atoms with Gasteiger partial charge in [-0.25, -0.2) is 0 Å². The van der Waals surface area contributed by atoms with Gasteiger partial charge in [0.25, 0.3) is 0 Å². The summed E-state index contributed by atoms with van der Waals surface area (Å²) >= 11 is 0. The average molecular weight is 368 g/mol. The van der Waals surface area contributed by atoms with Crippen LogP contribution in [-0.4, -0.2) is 0 Å². The Bertz CT molecular complexity index is 64.0. The summed E-state index contributed by atoms with van der Waals surface area (Å²) in [5.41, 5.74) is 0. The first-order valence-corrected chi connectivity index (χ1v) is 5.00. The van der Waals surface area contributed by atoms with Crippen LogP contribution in [0.15, 0.2) is 0 Å². The smallest absolute Gasteiger partial charge is 0.0312 e. The molecule has 0 aromatic carbocycles. The molecular formula is C15H15Yb+3. The van der Waals surface area contributed by atoms with E-state index in [0.717, 1.165) is 0 Å². The Hall–Kier alpha value is 1.52.